The van der Waals surface area contributed by atoms with E-state index in [2.05, 4.69) is 56.2 Å². The van der Waals surface area contributed by atoms with Gasteiger partial charge in [0, 0.05) is 19.0 Å². The normalized spacial score (nSPS) is 29.8. The first-order valence-electron chi connectivity index (χ1n) is 13.9. The molecule has 3 N–H and O–H groups in total. The van der Waals surface area contributed by atoms with Gasteiger partial charge in [-0.3, -0.25) is 9.59 Å². The fourth-order valence-corrected chi connectivity index (χ4v) is 5.24. The molecular weight excluding hydrogens is 458 g/mol. The van der Waals surface area contributed by atoms with Crippen LogP contribution in [-0.4, -0.2) is 86.1 Å². The van der Waals surface area contributed by atoms with Crippen LogP contribution in [0.25, 0.3) is 0 Å². The summed E-state index contributed by atoms with van der Waals surface area (Å²) in [7, 11) is 1.78. The fraction of sp³-hybridized carbons (Fsp3) is 0.857. The van der Waals surface area contributed by atoms with Crippen molar-refractivity contribution in [3.8, 4) is 0 Å². The summed E-state index contributed by atoms with van der Waals surface area (Å²) in [6.07, 6.45) is 12.9. The van der Waals surface area contributed by atoms with Gasteiger partial charge in [-0.2, -0.15) is 0 Å². The number of nitrogens with zero attached hydrogens (tertiary/aromatic N) is 1. The second-order valence-electron chi connectivity index (χ2n) is 10.7. The second-order valence-corrected chi connectivity index (χ2v) is 10.7. The van der Waals surface area contributed by atoms with Crippen LogP contribution in [0.2, 0.25) is 0 Å². The second kappa shape index (κ2) is 17.1. The molecular formula is C28H53N3O5. The van der Waals surface area contributed by atoms with E-state index in [4.69, 9.17) is 19.4 Å². The Morgan fingerprint density at radius 2 is 1.78 bits per heavy atom. The van der Waals surface area contributed by atoms with Crippen molar-refractivity contribution in [3.63, 3.8) is 0 Å². The smallest absolute Gasteiger partial charge is 0.290 e. The monoisotopic (exact) mass is 511 g/mol. The van der Waals surface area contributed by atoms with Crippen LogP contribution in [-0.2, 0) is 19.1 Å². The lowest BCUT2D eigenvalue weighted by molar-refractivity contribution is -0.123. The summed E-state index contributed by atoms with van der Waals surface area (Å²) in [6.45, 7) is 16.2. The Bertz CT molecular complexity index is 658. The van der Waals surface area contributed by atoms with Gasteiger partial charge in [-0.1, -0.05) is 44.8 Å². The first-order chi connectivity index (χ1) is 17.2. The zero-order chi connectivity index (χ0) is 27.0. The number of carboxylic acid groups (broad SMARTS) is 1. The average Bonchev–Trinajstić information content (AvgIpc) is 3.67. The highest BCUT2D eigenvalue weighted by Gasteiger charge is 2.67. The maximum absolute atomic E-state index is 11.0. The highest BCUT2D eigenvalue weighted by Crippen LogP contribution is 2.58. The standard InChI is InChI=1S/C15H24O2.C9H19N3O.C3H8.CH2O2/c1-11(2)7-8-13-14(3,17-13)12-6-4-5-9-15(12)10-16-15;1-10-8-9(13)11-4-7-12-5-2-3-6-12;1-3-2;2-1-3/h7,12-13H,4-6,8-10H2,1-3H3;10H,2-8H2,1H3,(H,11,13);3H2,1-2H3;1H,(H,2,3). The molecule has 0 aromatic rings. The summed E-state index contributed by atoms with van der Waals surface area (Å²) in [5, 5.41) is 12.6. The van der Waals surface area contributed by atoms with Crippen molar-refractivity contribution in [2.24, 2.45) is 5.92 Å². The third kappa shape index (κ3) is 11.3. The highest BCUT2D eigenvalue weighted by molar-refractivity contribution is 5.77. The van der Waals surface area contributed by atoms with Gasteiger partial charge in [0.15, 0.2) is 0 Å². The fourth-order valence-electron chi connectivity index (χ4n) is 5.24. The number of amides is 1. The third-order valence-corrected chi connectivity index (χ3v) is 7.19. The van der Waals surface area contributed by atoms with Gasteiger partial charge in [-0.15, -0.1) is 0 Å². The van der Waals surface area contributed by atoms with E-state index in [0.717, 1.165) is 26.1 Å². The minimum Gasteiger partial charge on any atom is -0.483 e. The van der Waals surface area contributed by atoms with Crippen molar-refractivity contribution in [1.82, 2.24) is 15.5 Å². The van der Waals surface area contributed by atoms with Crippen molar-refractivity contribution < 1.29 is 24.2 Å². The topological polar surface area (TPSA) is 107 Å². The van der Waals surface area contributed by atoms with Gasteiger partial charge >= 0.3 is 0 Å². The molecule has 36 heavy (non-hydrogen) atoms. The minimum absolute atomic E-state index is 0.0849. The molecule has 4 rings (SSSR count). The summed E-state index contributed by atoms with van der Waals surface area (Å²) in [4.78, 5) is 21.8. The summed E-state index contributed by atoms with van der Waals surface area (Å²) in [5.41, 5.74) is 1.71. The molecule has 1 spiro atoms. The van der Waals surface area contributed by atoms with Gasteiger partial charge in [0.2, 0.25) is 5.91 Å². The van der Waals surface area contributed by atoms with E-state index < -0.39 is 0 Å². The maximum Gasteiger partial charge on any atom is 0.290 e. The number of ether oxygens (including phenoxy) is 2. The van der Waals surface area contributed by atoms with Gasteiger partial charge in [0.05, 0.1) is 30.5 Å². The number of hydrogen-bond donors (Lipinski definition) is 3. The molecule has 4 atom stereocenters. The first kappa shape index (κ1) is 32.5. The zero-order valence-corrected chi connectivity index (χ0v) is 23.7. The van der Waals surface area contributed by atoms with E-state index in [9.17, 15) is 4.79 Å². The van der Waals surface area contributed by atoms with Gasteiger partial charge in [0.1, 0.15) is 0 Å². The maximum atomic E-state index is 11.0. The number of carbonyl (C=O) groups excluding carboxylic acids is 1. The van der Waals surface area contributed by atoms with Crippen molar-refractivity contribution >= 4 is 12.4 Å². The number of rotatable bonds is 8. The molecule has 8 heteroatoms. The molecule has 1 aliphatic carbocycles. The van der Waals surface area contributed by atoms with Crippen molar-refractivity contribution in [1.29, 1.82) is 0 Å². The number of likely N-dealkylation sites (tertiary alicyclic amines) is 1. The molecule has 8 nitrogen and oxygen atoms in total. The van der Waals surface area contributed by atoms with E-state index in [-0.39, 0.29) is 23.6 Å². The third-order valence-electron chi connectivity index (χ3n) is 7.19. The van der Waals surface area contributed by atoms with Crippen molar-refractivity contribution in [2.75, 3.05) is 46.4 Å². The predicted molar refractivity (Wildman–Crippen MR) is 145 cm³/mol. The van der Waals surface area contributed by atoms with Crippen LogP contribution in [0, 0.1) is 5.92 Å². The number of nitrogens with one attached hydrogen (secondary N) is 2. The van der Waals surface area contributed by atoms with Crippen LogP contribution < -0.4 is 10.6 Å². The quantitative estimate of drug-likeness (QED) is 0.257. The van der Waals surface area contributed by atoms with Crippen LogP contribution in [0.4, 0.5) is 0 Å². The Kier molecular flexibility index (Phi) is 15.5. The van der Waals surface area contributed by atoms with E-state index >= 15 is 0 Å². The lowest BCUT2D eigenvalue weighted by Gasteiger charge is -2.32. The van der Waals surface area contributed by atoms with Crippen LogP contribution in [0.5, 0.6) is 0 Å². The molecule has 4 fully saturated rings. The summed E-state index contributed by atoms with van der Waals surface area (Å²) < 4.78 is 11.8. The largest absolute Gasteiger partial charge is 0.483 e. The van der Waals surface area contributed by atoms with E-state index in [0.29, 0.717) is 18.6 Å². The molecule has 3 heterocycles. The van der Waals surface area contributed by atoms with Crippen LogP contribution >= 0.6 is 0 Å². The average molecular weight is 512 g/mol. The number of hydrogen-bond acceptors (Lipinski definition) is 6. The molecule has 1 amide bonds. The van der Waals surface area contributed by atoms with Gasteiger partial charge in [-0.05, 0) is 73.0 Å². The number of epoxide rings is 2. The first-order valence-corrected chi connectivity index (χ1v) is 13.9. The number of allylic oxidation sites excluding steroid dienone is 1. The Morgan fingerprint density at radius 1 is 1.17 bits per heavy atom. The van der Waals surface area contributed by atoms with Gasteiger partial charge in [-0.25, -0.2) is 0 Å². The Morgan fingerprint density at radius 3 is 2.31 bits per heavy atom. The predicted octanol–water partition coefficient (Wildman–Crippen LogP) is 3.99. The zero-order valence-electron chi connectivity index (χ0n) is 23.7. The summed E-state index contributed by atoms with van der Waals surface area (Å²) >= 11 is 0. The van der Waals surface area contributed by atoms with Gasteiger partial charge in [0.25, 0.3) is 6.47 Å². The van der Waals surface area contributed by atoms with Crippen LogP contribution in [0.3, 0.4) is 0 Å². The summed E-state index contributed by atoms with van der Waals surface area (Å²) in [6, 6.07) is 0. The highest BCUT2D eigenvalue weighted by atomic mass is 16.6. The SMILES string of the molecule is CC(C)=CCC1OC1(C)C1CCCCC12CO2.CCC.CNCC(=O)NCCN1CCCC1.O=CO. The minimum atomic E-state index is -0.250. The lowest BCUT2D eigenvalue weighted by Crippen LogP contribution is -2.39. The Hall–Kier alpha value is -1.48. The van der Waals surface area contributed by atoms with E-state index in [1.54, 1.807) is 7.05 Å². The van der Waals surface area contributed by atoms with Crippen LogP contribution in [0.1, 0.15) is 86.0 Å². The number of carbonyl (C=O) groups is 2. The molecule has 4 aliphatic rings. The molecule has 3 aliphatic heterocycles. The van der Waals surface area contributed by atoms with E-state index in [1.165, 1.54) is 63.6 Å². The molecule has 0 aromatic heterocycles. The van der Waals surface area contributed by atoms with Gasteiger partial charge < -0.3 is 30.1 Å². The molecule has 0 radical (unpaired) electrons. The number of likely N-dealkylation sites (N-methyl/N-ethyl adjacent to an activating group) is 1. The van der Waals surface area contributed by atoms with Crippen molar-refractivity contribution in [3.05, 3.63) is 11.6 Å². The molecule has 1 saturated carbocycles. The Balaban J connectivity index is 0.000000304. The molecule has 4 unspecified atom stereocenters. The van der Waals surface area contributed by atoms with Crippen LogP contribution in [0.15, 0.2) is 11.6 Å². The van der Waals surface area contributed by atoms with E-state index in [1.807, 2.05) is 0 Å². The lowest BCUT2D eigenvalue weighted by atomic mass is 9.71. The summed E-state index contributed by atoms with van der Waals surface area (Å²) in [5.74, 6) is 0.723. The molecule has 210 valence electrons. The molecule has 3 saturated heterocycles. The van der Waals surface area contributed by atoms with Crippen molar-refractivity contribution in [2.45, 2.75) is 103 Å². The molecule has 0 bridgehead atoms. The molecule has 0 aromatic carbocycles. The Labute approximate surface area is 219 Å².